The first-order valence-electron chi connectivity index (χ1n) is 6.78. The van der Waals surface area contributed by atoms with E-state index in [-0.39, 0.29) is 0 Å². The summed E-state index contributed by atoms with van der Waals surface area (Å²) in [5.74, 6) is -0.183. The summed E-state index contributed by atoms with van der Waals surface area (Å²) in [4.78, 5) is 6.61. The van der Waals surface area contributed by atoms with Crippen LogP contribution in [0.5, 0.6) is 0 Å². The summed E-state index contributed by atoms with van der Waals surface area (Å²) in [6, 6.07) is 9.98. The van der Waals surface area contributed by atoms with Crippen LogP contribution in [-0.2, 0) is 6.54 Å². The second-order valence-electron chi connectivity index (χ2n) is 5.23. The predicted octanol–water partition coefficient (Wildman–Crippen LogP) is 3.84. The van der Waals surface area contributed by atoms with Gasteiger partial charge in [0, 0.05) is 29.9 Å². The van der Waals surface area contributed by atoms with Crippen molar-refractivity contribution in [1.29, 1.82) is 0 Å². The average Bonchev–Trinajstić information content (AvgIpc) is 3.22. The molecule has 4 heteroatoms. The summed E-state index contributed by atoms with van der Waals surface area (Å²) in [7, 11) is 0. The summed E-state index contributed by atoms with van der Waals surface area (Å²) < 4.78 is 26.8. The molecule has 2 aromatic rings. The molecule has 1 aromatic carbocycles. The molecule has 0 amide bonds. The lowest BCUT2D eigenvalue weighted by molar-refractivity contribution is 0.568. The van der Waals surface area contributed by atoms with E-state index in [0.717, 1.165) is 30.4 Å². The summed E-state index contributed by atoms with van der Waals surface area (Å²) in [6.45, 7) is 2.36. The molecule has 2 nitrogen and oxygen atoms in total. The fourth-order valence-corrected chi connectivity index (χ4v) is 2.31. The molecule has 104 valence electrons. The molecule has 1 fully saturated rings. The van der Waals surface area contributed by atoms with E-state index in [4.69, 9.17) is 0 Å². The minimum Gasteiger partial charge on any atom is -0.349 e. The molecule has 1 heterocycles. The van der Waals surface area contributed by atoms with Gasteiger partial charge in [0.05, 0.1) is 0 Å². The third kappa shape index (κ3) is 2.79. The van der Waals surface area contributed by atoms with Gasteiger partial charge < -0.3 is 4.90 Å². The Labute approximate surface area is 117 Å². The number of nitrogens with zero attached hydrogens (tertiary/aromatic N) is 2. The smallest absolute Gasteiger partial charge is 0.131 e. The minimum absolute atomic E-state index is 0.411. The Morgan fingerprint density at radius 1 is 1.20 bits per heavy atom. The van der Waals surface area contributed by atoms with Gasteiger partial charge in [-0.1, -0.05) is 12.1 Å². The quantitative estimate of drug-likeness (QED) is 0.842. The van der Waals surface area contributed by atoms with Crippen LogP contribution in [0.1, 0.15) is 24.1 Å². The molecular weight excluding hydrogens is 258 g/mol. The van der Waals surface area contributed by atoms with Crippen molar-refractivity contribution in [2.45, 2.75) is 32.4 Å². The second kappa shape index (κ2) is 5.19. The highest BCUT2D eigenvalue weighted by Gasteiger charge is 2.30. The molecule has 0 unspecified atom stereocenters. The van der Waals surface area contributed by atoms with E-state index in [1.54, 1.807) is 0 Å². The molecule has 0 saturated heterocycles. The monoisotopic (exact) mass is 274 g/mol. The summed E-state index contributed by atoms with van der Waals surface area (Å²) in [6.07, 6.45) is 2.19. The third-order valence-electron chi connectivity index (χ3n) is 3.51. The second-order valence-corrected chi connectivity index (χ2v) is 5.23. The molecule has 0 bridgehead atoms. The molecule has 0 N–H and O–H groups in total. The highest BCUT2D eigenvalue weighted by molar-refractivity contribution is 5.43. The molecule has 3 rings (SSSR count). The van der Waals surface area contributed by atoms with Crippen LogP contribution >= 0.6 is 0 Å². The van der Waals surface area contributed by atoms with Crippen LogP contribution in [-0.4, -0.2) is 11.0 Å². The maximum absolute atomic E-state index is 13.8. The van der Waals surface area contributed by atoms with E-state index >= 15 is 0 Å². The van der Waals surface area contributed by atoms with Crippen molar-refractivity contribution in [2.24, 2.45) is 0 Å². The summed E-state index contributed by atoms with van der Waals surface area (Å²) >= 11 is 0. The van der Waals surface area contributed by atoms with Gasteiger partial charge in [-0.2, -0.15) is 0 Å². The first-order chi connectivity index (χ1) is 9.63. The van der Waals surface area contributed by atoms with Gasteiger partial charge in [-0.15, -0.1) is 0 Å². The summed E-state index contributed by atoms with van der Waals surface area (Å²) in [5.41, 5.74) is 1.44. The highest BCUT2D eigenvalue weighted by atomic mass is 19.1. The maximum atomic E-state index is 13.8. The van der Waals surface area contributed by atoms with Gasteiger partial charge in [0.1, 0.15) is 17.5 Å². The van der Waals surface area contributed by atoms with Crippen molar-refractivity contribution in [3.63, 3.8) is 0 Å². The SMILES string of the molecule is Cc1cccc(N(Cc2ccc(F)cc2F)C2CC2)n1. The van der Waals surface area contributed by atoms with Crippen molar-refractivity contribution in [3.05, 3.63) is 59.3 Å². The number of pyridine rings is 1. The van der Waals surface area contributed by atoms with Crippen molar-refractivity contribution >= 4 is 5.82 Å². The number of benzene rings is 1. The van der Waals surface area contributed by atoms with Gasteiger partial charge in [-0.25, -0.2) is 13.8 Å². The molecule has 20 heavy (non-hydrogen) atoms. The number of hydrogen-bond acceptors (Lipinski definition) is 2. The van der Waals surface area contributed by atoms with E-state index in [9.17, 15) is 8.78 Å². The number of rotatable bonds is 4. The highest BCUT2D eigenvalue weighted by Crippen LogP contribution is 2.32. The van der Waals surface area contributed by atoms with E-state index in [0.29, 0.717) is 18.2 Å². The molecule has 0 radical (unpaired) electrons. The first kappa shape index (κ1) is 13.0. The van der Waals surface area contributed by atoms with Crippen molar-refractivity contribution in [1.82, 2.24) is 4.98 Å². The largest absolute Gasteiger partial charge is 0.349 e. The van der Waals surface area contributed by atoms with Crippen LogP contribution < -0.4 is 4.90 Å². The maximum Gasteiger partial charge on any atom is 0.131 e. The van der Waals surface area contributed by atoms with Crippen LogP contribution in [0, 0.1) is 18.6 Å². The number of aromatic nitrogens is 1. The van der Waals surface area contributed by atoms with Gasteiger partial charge in [0.2, 0.25) is 0 Å². The molecule has 0 aliphatic heterocycles. The van der Waals surface area contributed by atoms with Crippen molar-refractivity contribution in [2.75, 3.05) is 4.90 Å². The molecule has 1 aliphatic carbocycles. The normalized spacial score (nSPS) is 14.3. The van der Waals surface area contributed by atoms with Crippen LogP contribution in [0.2, 0.25) is 0 Å². The van der Waals surface area contributed by atoms with Gasteiger partial charge in [-0.05, 0) is 38.0 Å². The predicted molar refractivity (Wildman–Crippen MR) is 74.5 cm³/mol. The Kier molecular flexibility index (Phi) is 3.38. The Hall–Kier alpha value is -1.97. The lowest BCUT2D eigenvalue weighted by atomic mass is 10.2. The Bertz CT molecular complexity index is 624. The number of hydrogen-bond donors (Lipinski definition) is 0. The molecule has 0 spiro atoms. The molecule has 1 aromatic heterocycles. The molecule has 1 aliphatic rings. The Balaban J connectivity index is 1.88. The third-order valence-corrected chi connectivity index (χ3v) is 3.51. The van der Waals surface area contributed by atoms with Crippen molar-refractivity contribution < 1.29 is 8.78 Å². The van der Waals surface area contributed by atoms with E-state index in [1.165, 1.54) is 12.1 Å². The zero-order valence-electron chi connectivity index (χ0n) is 11.3. The number of anilines is 1. The fourth-order valence-electron chi connectivity index (χ4n) is 2.31. The van der Waals surface area contributed by atoms with Crippen LogP contribution in [0.4, 0.5) is 14.6 Å². The Morgan fingerprint density at radius 2 is 2.00 bits per heavy atom. The van der Waals surface area contributed by atoms with Crippen molar-refractivity contribution in [3.8, 4) is 0 Å². The van der Waals surface area contributed by atoms with Gasteiger partial charge >= 0.3 is 0 Å². The number of halogens is 2. The van der Waals surface area contributed by atoms with E-state index < -0.39 is 11.6 Å². The topological polar surface area (TPSA) is 16.1 Å². The summed E-state index contributed by atoms with van der Waals surface area (Å²) in [5, 5.41) is 0. The Morgan fingerprint density at radius 3 is 2.65 bits per heavy atom. The molecule has 1 saturated carbocycles. The van der Waals surface area contributed by atoms with Crippen LogP contribution in [0.3, 0.4) is 0 Å². The minimum atomic E-state index is -0.544. The fraction of sp³-hybridized carbons (Fsp3) is 0.312. The van der Waals surface area contributed by atoms with Gasteiger partial charge in [0.25, 0.3) is 0 Å². The average molecular weight is 274 g/mol. The van der Waals surface area contributed by atoms with Gasteiger partial charge in [-0.3, -0.25) is 0 Å². The van der Waals surface area contributed by atoms with Gasteiger partial charge in [0.15, 0.2) is 0 Å². The molecular formula is C16H16F2N2. The number of aryl methyl sites for hydroxylation is 1. The standard InChI is InChI=1S/C16H16F2N2/c1-11-3-2-4-16(19-11)20(14-7-8-14)10-12-5-6-13(17)9-15(12)18/h2-6,9,14H,7-8,10H2,1H3. The zero-order chi connectivity index (χ0) is 14.1. The zero-order valence-corrected chi connectivity index (χ0v) is 11.3. The first-order valence-corrected chi connectivity index (χ1v) is 6.78. The van der Waals surface area contributed by atoms with Crippen LogP contribution in [0.15, 0.2) is 36.4 Å². The lowest BCUT2D eigenvalue weighted by Crippen LogP contribution is -2.26. The van der Waals surface area contributed by atoms with E-state index in [2.05, 4.69) is 9.88 Å². The van der Waals surface area contributed by atoms with E-state index in [1.807, 2.05) is 25.1 Å². The molecule has 0 atom stereocenters. The van der Waals surface area contributed by atoms with Crippen LogP contribution in [0.25, 0.3) is 0 Å². The lowest BCUT2D eigenvalue weighted by Gasteiger charge is -2.24.